The lowest BCUT2D eigenvalue weighted by Gasteiger charge is -1.93. The lowest BCUT2D eigenvalue weighted by Crippen LogP contribution is -1.89. The Labute approximate surface area is 78.7 Å². The predicted octanol–water partition coefficient (Wildman–Crippen LogP) is 3.04. The van der Waals surface area contributed by atoms with E-state index >= 15 is 0 Å². The SMILES string of the molecule is Cc1cc([N+](=O)[O-])c(Cl)cc1[N+]#N. The number of benzene rings is 1. The number of halogens is 1. The van der Waals surface area contributed by atoms with Gasteiger partial charge in [0.05, 0.1) is 16.6 Å². The third kappa shape index (κ3) is 1.73. The Morgan fingerprint density at radius 1 is 1.62 bits per heavy atom. The highest BCUT2D eigenvalue weighted by Gasteiger charge is 2.20. The zero-order valence-electron chi connectivity index (χ0n) is 6.69. The van der Waals surface area contributed by atoms with Gasteiger partial charge in [-0.1, -0.05) is 11.6 Å². The lowest BCUT2D eigenvalue weighted by atomic mass is 10.2. The summed E-state index contributed by atoms with van der Waals surface area (Å²) in [6.07, 6.45) is 0. The summed E-state index contributed by atoms with van der Waals surface area (Å²) < 4.78 is 0. The summed E-state index contributed by atoms with van der Waals surface area (Å²) in [7, 11) is 0. The van der Waals surface area contributed by atoms with E-state index in [1.165, 1.54) is 12.1 Å². The Kier molecular flexibility index (Phi) is 2.44. The molecule has 0 saturated heterocycles. The van der Waals surface area contributed by atoms with Crippen LogP contribution < -0.4 is 0 Å². The summed E-state index contributed by atoms with van der Waals surface area (Å²) in [6.45, 7) is 1.60. The van der Waals surface area contributed by atoms with Gasteiger partial charge in [0.1, 0.15) is 5.02 Å². The summed E-state index contributed by atoms with van der Waals surface area (Å²) in [4.78, 5) is 12.7. The van der Waals surface area contributed by atoms with Crippen LogP contribution in [0.25, 0.3) is 4.98 Å². The molecule has 0 fully saturated rings. The van der Waals surface area contributed by atoms with Crippen molar-refractivity contribution in [2.45, 2.75) is 6.92 Å². The van der Waals surface area contributed by atoms with Gasteiger partial charge in [0.25, 0.3) is 5.69 Å². The molecule has 0 saturated carbocycles. The van der Waals surface area contributed by atoms with Crippen LogP contribution >= 0.6 is 11.6 Å². The minimum absolute atomic E-state index is 0.0385. The van der Waals surface area contributed by atoms with Gasteiger partial charge in [-0.25, -0.2) is 0 Å². The molecule has 0 radical (unpaired) electrons. The Morgan fingerprint density at radius 3 is 2.69 bits per heavy atom. The number of nitro groups is 1. The molecule has 0 N–H and O–H groups in total. The monoisotopic (exact) mass is 198 g/mol. The average molecular weight is 199 g/mol. The first kappa shape index (κ1) is 9.42. The van der Waals surface area contributed by atoms with Gasteiger partial charge in [-0.15, -0.1) is 0 Å². The summed E-state index contributed by atoms with van der Waals surface area (Å²) >= 11 is 5.56. The van der Waals surface area contributed by atoms with Crippen molar-refractivity contribution in [1.29, 1.82) is 5.39 Å². The van der Waals surface area contributed by atoms with Crippen LogP contribution in [0.3, 0.4) is 0 Å². The number of nitrogens with zero attached hydrogens (tertiary/aromatic N) is 3. The molecule has 1 aromatic rings. The number of hydrogen-bond acceptors (Lipinski definition) is 3. The molecule has 0 bridgehead atoms. The van der Waals surface area contributed by atoms with E-state index in [2.05, 4.69) is 4.98 Å². The highest BCUT2D eigenvalue weighted by atomic mass is 35.5. The van der Waals surface area contributed by atoms with Crippen molar-refractivity contribution in [3.63, 3.8) is 0 Å². The summed E-state index contributed by atoms with van der Waals surface area (Å²) in [5.74, 6) is 0. The molecule has 5 nitrogen and oxygen atoms in total. The molecule has 66 valence electrons. The molecule has 0 aliphatic carbocycles. The maximum absolute atomic E-state index is 10.4. The highest BCUT2D eigenvalue weighted by Crippen LogP contribution is 2.31. The first-order chi connectivity index (χ1) is 6.06. The van der Waals surface area contributed by atoms with Gasteiger partial charge < -0.3 is 0 Å². The van der Waals surface area contributed by atoms with Gasteiger partial charge in [0, 0.05) is 6.07 Å². The molecular formula is C7H5ClN3O2+. The average Bonchev–Trinajstić information content (AvgIpc) is 2.07. The third-order valence-corrected chi connectivity index (χ3v) is 1.87. The van der Waals surface area contributed by atoms with Crippen LogP contribution in [-0.4, -0.2) is 4.92 Å². The number of diazo groups is 1. The second-order valence-corrected chi connectivity index (χ2v) is 2.85. The topological polar surface area (TPSA) is 71.3 Å². The number of hydrogen-bond donors (Lipinski definition) is 0. The van der Waals surface area contributed by atoms with E-state index in [9.17, 15) is 10.1 Å². The fourth-order valence-corrected chi connectivity index (χ4v) is 1.13. The van der Waals surface area contributed by atoms with Gasteiger partial charge in [-0.3, -0.25) is 10.1 Å². The van der Waals surface area contributed by atoms with E-state index in [1.807, 2.05) is 0 Å². The van der Waals surface area contributed by atoms with Crippen LogP contribution in [0.1, 0.15) is 5.56 Å². The standard InChI is InChI=1S/C7H5ClN3O2/c1-4-2-7(11(12)13)5(8)3-6(4)10-9/h2-3H,1H3/q+1. The molecule has 0 atom stereocenters. The van der Waals surface area contributed by atoms with E-state index in [0.29, 0.717) is 5.56 Å². The van der Waals surface area contributed by atoms with Crippen molar-refractivity contribution in [3.05, 3.63) is 37.8 Å². The second-order valence-electron chi connectivity index (χ2n) is 2.45. The predicted molar refractivity (Wildman–Crippen MR) is 47.6 cm³/mol. The van der Waals surface area contributed by atoms with Crippen molar-refractivity contribution in [2.75, 3.05) is 0 Å². The number of nitro benzene ring substituents is 1. The normalized spacial score (nSPS) is 9.31. The Bertz CT molecular complexity index is 411. The zero-order chi connectivity index (χ0) is 10.0. The molecule has 0 spiro atoms. The smallest absolute Gasteiger partial charge is 0.258 e. The first-order valence-corrected chi connectivity index (χ1v) is 3.73. The molecule has 0 amide bonds. The Balaban J connectivity index is 3.39. The zero-order valence-corrected chi connectivity index (χ0v) is 7.45. The van der Waals surface area contributed by atoms with E-state index in [0.717, 1.165) is 0 Å². The molecule has 1 rings (SSSR count). The van der Waals surface area contributed by atoms with Gasteiger partial charge in [-0.05, 0) is 6.92 Å². The van der Waals surface area contributed by atoms with Crippen molar-refractivity contribution < 1.29 is 4.92 Å². The van der Waals surface area contributed by atoms with Gasteiger partial charge in [-0.2, -0.15) is 0 Å². The number of aryl methyl sites for hydroxylation is 1. The van der Waals surface area contributed by atoms with Crippen LogP contribution in [0.15, 0.2) is 12.1 Å². The molecule has 0 aliphatic rings. The molecule has 6 heteroatoms. The van der Waals surface area contributed by atoms with Crippen LogP contribution in [0, 0.1) is 22.4 Å². The fraction of sp³-hybridized carbons (Fsp3) is 0.143. The van der Waals surface area contributed by atoms with Crippen molar-refractivity contribution in [2.24, 2.45) is 0 Å². The highest BCUT2D eigenvalue weighted by molar-refractivity contribution is 6.33. The van der Waals surface area contributed by atoms with E-state index in [-0.39, 0.29) is 16.4 Å². The van der Waals surface area contributed by atoms with E-state index in [4.69, 9.17) is 17.0 Å². The molecule has 13 heavy (non-hydrogen) atoms. The van der Waals surface area contributed by atoms with Gasteiger partial charge in [0.15, 0.2) is 4.98 Å². The fourth-order valence-electron chi connectivity index (χ4n) is 0.903. The largest absolute Gasteiger partial charge is 0.389 e. The van der Waals surface area contributed by atoms with Crippen LogP contribution in [0.5, 0.6) is 0 Å². The van der Waals surface area contributed by atoms with Crippen molar-refractivity contribution >= 4 is 23.0 Å². The molecule has 0 aromatic heterocycles. The lowest BCUT2D eigenvalue weighted by molar-refractivity contribution is -0.384. The molecule has 1 aromatic carbocycles. The molecule has 0 heterocycles. The summed E-state index contributed by atoms with van der Waals surface area (Å²) in [5, 5.41) is 18.8. The first-order valence-electron chi connectivity index (χ1n) is 3.36. The minimum Gasteiger partial charge on any atom is -0.258 e. The summed E-state index contributed by atoms with van der Waals surface area (Å²) in [5.41, 5.74) is 0.542. The van der Waals surface area contributed by atoms with Crippen LogP contribution in [-0.2, 0) is 0 Å². The van der Waals surface area contributed by atoms with Crippen LogP contribution in [0.4, 0.5) is 11.4 Å². The van der Waals surface area contributed by atoms with Crippen LogP contribution in [0.2, 0.25) is 5.02 Å². The third-order valence-electron chi connectivity index (χ3n) is 1.57. The second kappa shape index (κ2) is 3.37. The number of rotatable bonds is 1. The molecular weight excluding hydrogens is 194 g/mol. The summed E-state index contributed by atoms with van der Waals surface area (Å²) in [6, 6.07) is 2.51. The quantitative estimate of drug-likeness (QED) is 0.396. The van der Waals surface area contributed by atoms with Crippen molar-refractivity contribution in [1.82, 2.24) is 0 Å². The maximum atomic E-state index is 10.4. The maximum Gasteiger partial charge on any atom is 0.389 e. The molecule has 0 unspecified atom stereocenters. The Hall–Kier alpha value is -1.67. The molecule has 0 aliphatic heterocycles. The Morgan fingerprint density at radius 2 is 2.23 bits per heavy atom. The minimum atomic E-state index is -0.587. The van der Waals surface area contributed by atoms with E-state index < -0.39 is 4.92 Å². The van der Waals surface area contributed by atoms with E-state index in [1.54, 1.807) is 6.92 Å². The van der Waals surface area contributed by atoms with Gasteiger partial charge in [0.2, 0.25) is 5.39 Å². The van der Waals surface area contributed by atoms with Crippen molar-refractivity contribution in [3.8, 4) is 0 Å². The van der Waals surface area contributed by atoms with Gasteiger partial charge >= 0.3 is 5.69 Å².